The van der Waals surface area contributed by atoms with Gasteiger partial charge in [0.25, 0.3) is 0 Å². The molecule has 0 spiro atoms. The van der Waals surface area contributed by atoms with Gasteiger partial charge in [-0.05, 0) is 31.2 Å². The van der Waals surface area contributed by atoms with Gasteiger partial charge in [-0.2, -0.15) is 0 Å². The van der Waals surface area contributed by atoms with E-state index in [2.05, 4.69) is 0 Å². The number of carbonyl (C=O) groups excluding carboxylic acids is 1. The minimum Gasteiger partial charge on any atom is -0.381 e. The fourth-order valence-corrected chi connectivity index (χ4v) is 3.70. The molecular formula is C20H30N2O3. The summed E-state index contributed by atoms with van der Waals surface area (Å²) in [6, 6.07) is 9.61. The topological polar surface area (TPSA) is 64.8 Å². The normalized spacial score (nSPS) is 22.6. The lowest BCUT2D eigenvalue weighted by Gasteiger charge is -2.36. The Labute approximate surface area is 150 Å². The van der Waals surface area contributed by atoms with Crippen LogP contribution >= 0.6 is 0 Å². The molecule has 0 aliphatic carbocycles. The van der Waals surface area contributed by atoms with Gasteiger partial charge in [0.05, 0.1) is 18.1 Å². The minimum atomic E-state index is -0.259. The molecule has 2 saturated heterocycles. The SMILES string of the molecule is C[C@H](C(=O)N1CCC(OC2CCOCC2)CC1)[C@H](N)c1ccccc1. The monoisotopic (exact) mass is 346 g/mol. The molecule has 0 unspecified atom stereocenters. The molecular weight excluding hydrogens is 316 g/mol. The second-order valence-corrected chi connectivity index (χ2v) is 7.20. The molecule has 0 radical (unpaired) electrons. The average molecular weight is 346 g/mol. The molecule has 3 rings (SSSR count). The summed E-state index contributed by atoms with van der Waals surface area (Å²) in [5.74, 6) is -0.0590. The van der Waals surface area contributed by atoms with Gasteiger partial charge in [0.2, 0.25) is 5.91 Å². The van der Waals surface area contributed by atoms with Crippen molar-refractivity contribution in [1.82, 2.24) is 4.90 Å². The van der Waals surface area contributed by atoms with E-state index in [1.54, 1.807) is 0 Å². The maximum Gasteiger partial charge on any atom is 0.227 e. The number of nitrogens with two attached hydrogens (primary N) is 1. The maximum absolute atomic E-state index is 12.8. The van der Waals surface area contributed by atoms with E-state index in [0.29, 0.717) is 6.10 Å². The first-order chi connectivity index (χ1) is 12.1. The van der Waals surface area contributed by atoms with Crippen LogP contribution < -0.4 is 5.73 Å². The molecule has 2 aliphatic heterocycles. The van der Waals surface area contributed by atoms with Crippen LogP contribution in [-0.2, 0) is 14.3 Å². The second kappa shape index (κ2) is 8.79. The van der Waals surface area contributed by atoms with Gasteiger partial charge in [-0.1, -0.05) is 37.3 Å². The standard InChI is InChI=1S/C20H30N2O3/c1-15(19(21)16-5-3-2-4-6-16)20(23)22-11-7-17(8-12-22)25-18-9-13-24-14-10-18/h2-6,15,17-19H,7-14,21H2,1H3/t15-,19-/m0/s1. The molecule has 2 aliphatic rings. The van der Waals surface area contributed by atoms with Gasteiger partial charge < -0.3 is 20.1 Å². The Morgan fingerprint density at radius 2 is 1.72 bits per heavy atom. The van der Waals surface area contributed by atoms with Crippen molar-refractivity contribution >= 4 is 5.91 Å². The molecule has 138 valence electrons. The highest BCUT2D eigenvalue weighted by molar-refractivity contribution is 5.79. The summed E-state index contributed by atoms with van der Waals surface area (Å²) in [5, 5.41) is 0. The van der Waals surface area contributed by atoms with Gasteiger partial charge in [-0.3, -0.25) is 4.79 Å². The van der Waals surface area contributed by atoms with Crippen LogP contribution in [0.2, 0.25) is 0 Å². The van der Waals surface area contributed by atoms with Crippen LogP contribution in [0.15, 0.2) is 30.3 Å². The lowest BCUT2D eigenvalue weighted by molar-refractivity contribution is -0.140. The van der Waals surface area contributed by atoms with Crippen LogP contribution in [0, 0.1) is 5.92 Å². The first kappa shape index (κ1) is 18.4. The molecule has 2 atom stereocenters. The van der Waals surface area contributed by atoms with Crippen molar-refractivity contribution in [2.75, 3.05) is 26.3 Å². The Hall–Kier alpha value is -1.43. The molecule has 1 aromatic carbocycles. The fraction of sp³-hybridized carbons (Fsp3) is 0.650. The molecule has 2 N–H and O–H groups in total. The summed E-state index contributed by atoms with van der Waals surface area (Å²) in [6.07, 6.45) is 4.40. The van der Waals surface area contributed by atoms with Gasteiger partial charge in [-0.15, -0.1) is 0 Å². The van der Waals surface area contributed by atoms with E-state index in [1.165, 1.54) is 0 Å². The summed E-state index contributed by atoms with van der Waals surface area (Å²) in [4.78, 5) is 14.8. The molecule has 5 heteroatoms. The molecule has 0 aromatic heterocycles. The van der Waals surface area contributed by atoms with Gasteiger partial charge in [-0.25, -0.2) is 0 Å². The van der Waals surface area contributed by atoms with Crippen LogP contribution in [0.3, 0.4) is 0 Å². The van der Waals surface area contributed by atoms with E-state index < -0.39 is 0 Å². The highest BCUT2D eigenvalue weighted by atomic mass is 16.5. The van der Waals surface area contributed by atoms with Crippen molar-refractivity contribution in [3.05, 3.63) is 35.9 Å². The number of nitrogens with zero attached hydrogens (tertiary/aromatic N) is 1. The molecule has 2 heterocycles. The number of piperidine rings is 1. The number of rotatable bonds is 5. The third-order valence-corrected chi connectivity index (χ3v) is 5.42. The number of likely N-dealkylation sites (tertiary alicyclic amines) is 1. The number of hydrogen-bond donors (Lipinski definition) is 1. The minimum absolute atomic E-state index is 0.154. The largest absolute Gasteiger partial charge is 0.381 e. The third-order valence-electron chi connectivity index (χ3n) is 5.42. The van der Waals surface area contributed by atoms with E-state index in [0.717, 1.165) is 57.6 Å². The summed E-state index contributed by atoms with van der Waals surface area (Å²) >= 11 is 0. The lowest BCUT2D eigenvalue weighted by Crippen LogP contribution is -2.46. The summed E-state index contributed by atoms with van der Waals surface area (Å²) in [7, 11) is 0. The Morgan fingerprint density at radius 1 is 1.12 bits per heavy atom. The number of carbonyl (C=O) groups is 1. The van der Waals surface area contributed by atoms with E-state index in [1.807, 2.05) is 42.2 Å². The summed E-state index contributed by atoms with van der Waals surface area (Å²) in [5.41, 5.74) is 7.33. The smallest absolute Gasteiger partial charge is 0.227 e. The summed E-state index contributed by atoms with van der Waals surface area (Å²) < 4.78 is 11.6. The number of ether oxygens (including phenoxy) is 2. The zero-order valence-electron chi connectivity index (χ0n) is 15.1. The van der Waals surface area contributed by atoms with Crippen molar-refractivity contribution in [1.29, 1.82) is 0 Å². The van der Waals surface area contributed by atoms with Crippen molar-refractivity contribution in [3.8, 4) is 0 Å². The number of amides is 1. The Bertz CT molecular complexity index is 537. The molecule has 25 heavy (non-hydrogen) atoms. The Morgan fingerprint density at radius 3 is 2.36 bits per heavy atom. The molecule has 5 nitrogen and oxygen atoms in total. The number of benzene rings is 1. The fourth-order valence-electron chi connectivity index (χ4n) is 3.70. The predicted octanol–water partition coefficient (Wildman–Crippen LogP) is 2.51. The first-order valence-corrected chi connectivity index (χ1v) is 9.47. The first-order valence-electron chi connectivity index (χ1n) is 9.47. The van der Waals surface area contributed by atoms with E-state index >= 15 is 0 Å². The maximum atomic E-state index is 12.8. The van der Waals surface area contributed by atoms with Crippen LogP contribution in [0.25, 0.3) is 0 Å². The van der Waals surface area contributed by atoms with Crippen molar-refractivity contribution < 1.29 is 14.3 Å². The molecule has 0 saturated carbocycles. The molecule has 2 fully saturated rings. The summed E-state index contributed by atoms with van der Waals surface area (Å²) in [6.45, 7) is 5.07. The van der Waals surface area contributed by atoms with E-state index in [9.17, 15) is 4.79 Å². The van der Waals surface area contributed by atoms with E-state index in [4.69, 9.17) is 15.2 Å². The highest BCUT2D eigenvalue weighted by Crippen LogP contribution is 2.24. The quantitative estimate of drug-likeness (QED) is 0.890. The van der Waals surface area contributed by atoms with Crippen LogP contribution in [0.5, 0.6) is 0 Å². The lowest BCUT2D eigenvalue weighted by atomic mass is 9.93. The second-order valence-electron chi connectivity index (χ2n) is 7.20. The Balaban J connectivity index is 1.47. The molecule has 1 amide bonds. The van der Waals surface area contributed by atoms with Crippen LogP contribution in [0.1, 0.15) is 44.2 Å². The predicted molar refractivity (Wildman–Crippen MR) is 97.1 cm³/mol. The Kier molecular flexibility index (Phi) is 6.45. The van der Waals surface area contributed by atoms with Crippen molar-refractivity contribution in [2.24, 2.45) is 11.7 Å². The van der Waals surface area contributed by atoms with Gasteiger partial charge in [0.1, 0.15) is 0 Å². The average Bonchev–Trinajstić information content (AvgIpc) is 2.68. The zero-order chi connectivity index (χ0) is 17.6. The van der Waals surface area contributed by atoms with Gasteiger partial charge >= 0.3 is 0 Å². The van der Waals surface area contributed by atoms with E-state index in [-0.39, 0.29) is 24.0 Å². The van der Waals surface area contributed by atoms with Crippen molar-refractivity contribution in [3.63, 3.8) is 0 Å². The van der Waals surface area contributed by atoms with Crippen LogP contribution in [-0.4, -0.2) is 49.3 Å². The molecule has 0 bridgehead atoms. The van der Waals surface area contributed by atoms with Crippen molar-refractivity contribution in [2.45, 2.75) is 50.9 Å². The van der Waals surface area contributed by atoms with Crippen LogP contribution in [0.4, 0.5) is 0 Å². The third kappa shape index (κ3) is 4.81. The zero-order valence-corrected chi connectivity index (χ0v) is 15.1. The number of hydrogen-bond acceptors (Lipinski definition) is 4. The molecule has 1 aromatic rings. The van der Waals surface area contributed by atoms with Gasteiger partial charge in [0, 0.05) is 32.3 Å². The highest BCUT2D eigenvalue weighted by Gasteiger charge is 2.31. The van der Waals surface area contributed by atoms with Gasteiger partial charge in [0.15, 0.2) is 0 Å².